The van der Waals surface area contributed by atoms with Crippen LogP contribution in [0.15, 0.2) is 224 Å². The summed E-state index contributed by atoms with van der Waals surface area (Å²) in [6.07, 6.45) is 0. The van der Waals surface area contributed by atoms with E-state index in [1.807, 2.05) is 12.1 Å². The third-order valence-electron chi connectivity index (χ3n) is 13.5. The van der Waals surface area contributed by atoms with Gasteiger partial charge in [0.25, 0.3) is 0 Å². The van der Waals surface area contributed by atoms with Crippen molar-refractivity contribution >= 4 is 65.4 Å². The number of benzene rings is 10. The van der Waals surface area contributed by atoms with Crippen molar-refractivity contribution in [1.29, 1.82) is 10.5 Å². The number of aromatic nitrogens is 3. The molecule has 5 nitrogen and oxygen atoms in total. The second kappa shape index (κ2) is 15.1. The topological polar surface area (TPSA) is 62.4 Å². The minimum absolute atomic E-state index is 0.354. The Morgan fingerprint density at radius 2 is 0.657 bits per heavy atom. The van der Waals surface area contributed by atoms with E-state index in [0.29, 0.717) is 11.1 Å². The van der Waals surface area contributed by atoms with Crippen LogP contribution in [-0.2, 0) is 0 Å². The Hall–Kier alpha value is -9.42. The SMILES string of the molecule is N#Cc1ccc(-c2cc(-c3ccccc3)c(-n3c4ccc(-n5c6ccccc6c6ccccc65)cc4c4cc(-n5c6ccccc6c6ccccc65)ccc43)c(-c3ccccc3)c2)cc1C#N. The minimum Gasteiger partial charge on any atom is -0.309 e. The summed E-state index contributed by atoms with van der Waals surface area (Å²) in [5, 5.41) is 27.1. The van der Waals surface area contributed by atoms with Crippen molar-refractivity contribution in [1.82, 2.24) is 13.7 Å². The van der Waals surface area contributed by atoms with E-state index in [0.717, 1.165) is 94.3 Å². The van der Waals surface area contributed by atoms with E-state index in [-0.39, 0.29) is 0 Å². The zero-order valence-corrected chi connectivity index (χ0v) is 36.1. The van der Waals surface area contributed by atoms with E-state index in [1.165, 1.54) is 21.5 Å². The van der Waals surface area contributed by atoms with Crippen LogP contribution in [0.5, 0.6) is 0 Å². The lowest BCUT2D eigenvalue weighted by Crippen LogP contribution is -2.02. The normalized spacial score (nSPS) is 11.6. The van der Waals surface area contributed by atoms with Crippen LogP contribution >= 0.6 is 0 Å². The summed E-state index contributed by atoms with van der Waals surface area (Å²) in [5.41, 5.74) is 16.7. The van der Waals surface area contributed by atoms with E-state index in [2.05, 4.69) is 232 Å². The molecule has 0 fully saturated rings. The average molecular weight is 852 g/mol. The first-order valence-electron chi connectivity index (χ1n) is 22.5. The zero-order valence-electron chi connectivity index (χ0n) is 36.1. The van der Waals surface area contributed by atoms with Crippen LogP contribution in [0, 0.1) is 22.7 Å². The highest BCUT2D eigenvalue weighted by molar-refractivity contribution is 6.15. The Morgan fingerprint density at radius 1 is 0.269 bits per heavy atom. The molecule has 0 atom stereocenters. The molecule has 5 heteroatoms. The maximum absolute atomic E-state index is 10.1. The van der Waals surface area contributed by atoms with Gasteiger partial charge in [0.1, 0.15) is 12.1 Å². The van der Waals surface area contributed by atoms with Crippen molar-refractivity contribution in [2.24, 2.45) is 0 Å². The van der Waals surface area contributed by atoms with Crippen LogP contribution in [0.1, 0.15) is 11.1 Å². The molecule has 0 bridgehead atoms. The van der Waals surface area contributed by atoms with Gasteiger partial charge in [0.15, 0.2) is 0 Å². The second-order valence-corrected chi connectivity index (χ2v) is 17.1. The first kappa shape index (κ1) is 38.1. The number of para-hydroxylation sites is 4. The monoisotopic (exact) mass is 851 g/mol. The molecule has 0 saturated heterocycles. The van der Waals surface area contributed by atoms with E-state index in [4.69, 9.17) is 0 Å². The standard InChI is InChI=1S/C62H37N5/c63-38-43-28-27-42(33-45(43)39-64)44-34-52(40-15-3-1-4-16-40)62(53(35-44)41-17-5-2-6-18-41)67-60-31-29-46(65-56-23-11-7-19-48(56)49-20-8-12-24-57(49)65)36-54(60)55-37-47(30-32-61(55)67)66-58-25-13-9-21-50(58)51-22-10-14-26-59(51)66/h1-37H. The van der Waals surface area contributed by atoms with Crippen molar-refractivity contribution in [3.05, 3.63) is 236 Å². The van der Waals surface area contributed by atoms with Crippen LogP contribution in [0.2, 0.25) is 0 Å². The van der Waals surface area contributed by atoms with Gasteiger partial charge in [0, 0.05) is 54.8 Å². The van der Waals surface area contributed by atoms with Crippen LogP contribution < -0.4 is 0 Å². The van der Waals surface area contributed by atoms with Crippen molar-refractivity contribution in [2.75, 3.05) is 0 Å². The van der Waals surface area contributed by atoms with Gasteiger partial charge in [0.05, 0.1) is 49.9 Å². The highest BCUT2D eigenvalue weighted by atomic mass is 15.0. The Morgan fingerprint density at radius 3 is 1.07 bits per heavy atom. The maximum Gasteiger partial charge on any atom is 0.101 e. The van der Waals surface area contributed by atoms with Gasteiger partial charge in [-0.2, -0.15) is 10.5 Å². The van der Waals surface area contributed by atoms with Crippen LogP contribution in [0.4, 0.5) is 0 Å². The summed E-state index contributed by atoms with van der Waals surface area (Å²) in [7, 11) is 0. The summed E-state index contributed by atoms with van der Waals surface area (Å²) >= 11 is 0. The van der Waals surface area contributed by atoms with Gasteiger partial charge in [-0.3, -0.25) is 0 Å². The zero-order chi connectivity index (χ0) is 44.6. The quantitative estimate of drug-likeness (QED) is 0.167. The molecule has 0 saturated carbocycles. The van der Waals surface area contributed by atoms with Crippen LogP contribution in [-0.4, -0.2) is 13.7 Å². The third kappa shape index (κ3) is 5.86. The molecule has 0 amide bonds. The molecule has 67 heavy (non-hydrogen) atoms. The van der Waals surface area contributed by atoms with Crippen molar-refractivity contribution in [3.63, 3.8) is 0 Å². The van der Waals surface area contributed by atoms with Gasteiger partial charge < -0.3 is 13.7 Å². The molecule has 0 unspecified atom stereocenters. The average Bonchev–Trinajstić information content (AvgIpc) is 4.03. The highest BCUT2D eigenvalue weighted by Gasteiger charge is 2.24. The molecule has 0 aliphatic carbocycles. The summed E-state index contributed by atoms with van der Waals surface area (Å²) in [6.45, 7) is 0. The fourth-order valence-electron chi connectivity index (χ4n) is 10.6. The molecule has 0 aliphatic rings. The third-order valence-corrected chi connectivity index (χ3v) is 13.5. The number of fused-ring (bicyclic) bond motifs is 9. The van der Waals surface area contributed by atoms with E-state index in [9.17, 15) is 10.5 Å². The number of hydrogen-bond donors (Lipinski definition) is 0. The van der Waals surface area contributed by atoms with Crippen molar-refractivity contribution in [2.45, 2.75) is 0 Å². The number of nitrogens with zero attached hydrogens (tertiary/aromatic N) is 5. The first-order chi connectivity index (χ1) is 33.2. The molecule has 10 aromatic carbocycles. The van der Waals surface area contributed by atoms with E-state index in [1.54, 1.807) is 6.07 Å². The molecule has 0 spiro atoms. The van der Waals surface area contributed by atoms with E-state index < -0.39 is 0 Å². The molecule has 0 radical (unpaired) electrons. The van der Waals surface area contributed by atoms with Gasteiger partial charge in [0.2, 0.25) is 0 Å². The summed E-state index contributed by atoms with van der Waals surface area (Å²) in [5.74, 6) is 0. The van der Waals surface area contributed by atoms with Crippen LogP contribution in [0.25, 0.3) is 116 Å². The fourth-order valence-corrected chi connectivity index (χ4v) is 10.6. The molecule has 3 heterocycles. The Labute approximate surface area is 386 Å². The predicted molar refractivity (Wildman–Crippen MR) is 275 cm³/mol. The van der Waals surface area contributed by atoms with Gasteiger partial charge >= 0.3 is 0 Å². The molecule has 3 aromatic heterocycles. The maximum atomic E-state index is 10.1. The second-order valence-electron chi connectivity index (χ2n) is 17.1. The van der Waals surface area contributed by atoms with Crippen molar-refractivity contribution in [3.8, 4) is 62.6 Å². The molecular formula is C62H37N5. The smallest absolute Gasteiger partial charge is 0.101 e. The minimum atomic E-state index is 0.354. The van der Waals surface area contributed by atoms with Gasteiger partial charge in [-0.25, -0.2) is 0 Å². The van der Waals surface area contributed by atoms with Crippen molar-refractivity contribution < 1.29 is 0 Å². The first-order valence-corrected chi connectivity index (χ1v) is 22.5. The largest absolute Gasteiger partial charge is 0.309 e. The molecule has 0 aliphatic heterocycles. The molecule has 13 aromatic rings. The molecule has 0 N–H and O–H groups in total. The Kier molecular flexibility index (Phi) is 8.58. The predicted octanol–water partition coefficient (Wildman–Crippen LogP) is 15.7. The number of rotatable bonds is 6. The van der Waals surface area contributed by atoms with Crippen LogP contribution in [0.3, 0.4) is 0 Å². The fraction of sp³-hybridized carbons (Fsp3) is 0. The summed E-state index contributed by atoms with van der Waals surface area (Å²) < 4.78 is 7.26. The Bertz CT molecular complexity index is 3890. The lowest BCUT2D eigenvalue weighted by Gasteiger charge is -2.21. The lowest BCUT2D eigenvalue weighted by atomic mass is 9.90. The Balaban J connectivity index is 1.17. The van der Waals surface area contributed by atoms with E-state index >= 15 is 0 Å². The molecule has 13 rings (SSSR count). The van der Waals surface area contributed by atoms with Gasteiger partial charge in [-0.1, -0.05) is 140 Å². The number of hydrogen-bond acceptors (Lipinski definition) is 2. The van der Waals surface area contributed by atoms with Gasteiger partial charge in [-0.15, -0.1) is 0 Å². The summed E-state index contributed by atoms with van der Waals surface area (Å²) in [4.78, 5) is 0. The number of nitriles is 2. The summed E-state index contributed by atoms with van der Waals surface area (Å²) in [6, 6.07) is 84.2. The molecule has 310 valence electrons. The highest BCUT2D eigenvalue weighted by Crippen LogP contribution is 2.46. The lowest BCUT2D eigenvalue weighted by molar-refractivity contribution is 1.16. The van der Waals surface area contributed by atoms with Gasteiger partial charge in [-0.05, 0) is 107 Å². The molecular weight excluding hydrogens is 815 g/mol.